The van der Waals surface area contributed by atoms with E-state index < -0.39 is 0 Å². The molecular weight excluding hydrogens is 186 g/mol. The summed E-state index contributed by atoms with van der Waals surface area (Å²) >= 11 is 0. The fourth-order valence-corrected chi connectivity index (χ4v) is 2.72. The summed E-state index contributed by atoms with van der Waals surface area (Å²) in [6.07, 6.45) is 5.34. The molecule has 1 aromatic rings. The first kappa shape index (κ1) is 10.7. The Labute approximate surface area is 91.7 Å². The van der Waals surface area contributed by atoms with Gasteiger partial charge in [-0.05, 0) is 30.7 Å². The average molecular weight is 207 g/mol. The van der Waals surface area contributed by atoms with E-state index in [1.54, 1.807) is 0 Å². The van der Waals surface area contributed by atoms with Gasteiger partial charge in [-0.25, -0.2) is 0 Å². The Kier molecular flexibility index (Phi) is 2.59. The van der Waals surface area contributed by atoms with Crippen LogP contribution in [-0.2, 0) is 7.05 Å². The van der Waals surface area contributed by atoms with Gasteiger partial charge in [0.15, 0.2) is 0 Å². The molecule has 2 atom stereocenters. The van der Waals surface area contributed by atoms with Crippen LogP contribution in [0.1, 0.15) is 44.7 Å². The van der Waals surface area contributed by atoms with Crippen molar-refractivity contribution in [3.63, 3.8) is 0 Å². The first-order valence-electron chi connectivity index (χ1n) is 5.74. The maximum atomic E-state index is 6.07. The van der Waals surface area contributed by atoms with Gasteiger partial charge in [-0.1, -0.05) is 13.8 Å². The molecule has 1 aliphatic rings. The molecule has 1 heterocycles. The molecule has 1 aromatic heterocycles. The molecule has 2 N–H and O–H groups in total. The Morgan fingerprint density at radius 2 is 2.27 bits per heavy atom. The van der Waals surface area contributed by atoms with Gasteiger partial charge >= 0.3 is 0 Å². The van der Waals surface area contributed by atoms with Crippen LogP contribution in [0.5, 0.6) is 0 Å². The van der Waals surface area contributed by atoms with Crippen molar-refractivity contribution in [1.29, 1.82) is 0 Å². The maximum Gasteiger partial charge on any atom is 0.0492 e. The zero-order valence-electron chi connectivity index (χ0n) is 9.90. The van der Waals surface area contributed by atoms with Gasteiger partial charge in [-0.3, -0.25) is 4.68 Å². The van der Waals surface area contributed by atoms with Crippen LogP contribution in [0.4, 0.5) is 0 Å². The van der Waals surface area contributed by atoms with Crippen LogP contribution in [0, 0.1) is 5.41 Å². The van der Waals surface area contributed by atoms with Gasteiger partial charge in [0.25, 0.3) is 0 Å². The molecule has 0 amide bonds. The number of rotatable bonds is 1. The standard InChI is InChI=1S/C12H21N3/c1-12(2)6-4-9(13)8-10(12)11-5-7-14-15(11)3/h5,7,9-10H,4,6,8,13H2,1-3H3. The van der Waals surface area contributed by atoms with E-state index in [9.17, 15) is 0 Å². The van der Waals surface area contributed by atoms with Crippen LogP contribution in [0.15, 0.2) is 12.3 Å². The van der Waals surface area contributed by atoms with Crippen molar-refractivity contribution in [2.75, 3.05) is 0 Å². The van der Waals surface area contributed by atoms with E-state index >= 15 is 0 Å². The topological polar surface area (TPSA) is 43.8 Å². The van der Waals surface area contributed by atoms with Gasteiger partial charge in [-0.2, -0.15) is 5.10 Å². The van der Waals surface area contributed by atoms with Crippen LogP contribution in [0.2, 0.25) is 0 Å². The van der Waals surface area contributed by atoms with Gasteiger partial charge < -0.3 is 5.73 Å². The van der Waals surface area contributed by atoms with Crippen molar-refractivity contribution in [1.82, 2.24) is 9.78 Å². The van der Waals surface area contributed by atoms with E-state index in [2.05, 4.69) is 25.0 Å². The third-order valence-corrected chi connectivity index (χ3v) is 3.86. The zero-order valence-corrected chi connectivity index (χ0v) is 9.90. The zero-order chi connectivity index (χ0) is 11.1. The lowest BCUT2D eigenvalue weighted by molar-refractivity contribution is 0.176. The van der Waals surface area contributed by atoms with Crippen LogP contribution < -0.4 is 5.73 Å². The summed E-state index contributed by atoms with van der Waals surface area (Å²) in [6, 6.07) is 2.49. The molecule has 0 spiro atoms. The van der Waals surface area contributed by atoms with E-state index in [4.69, 9.17) is 5.73 Å². The molecule has 0 aromatic carbocycles. The molecule has 0 saturated heterocycles. The van der Waals surface area contributed by atoms with Gasteiger partial charge in [0.05, 0.1) is 0 Å². The average Bonchev–Trinajstić information content (AvgIpc) is 2.56. The second kappa shape index (κ2) is 3.63. The second-order valence-corrected chi connectivity index (χ2v) is 5.46. The Morgan fingerprint density at radius 3 is 2.87 bits per heavy atom. The van der Waals surface area contributed by atoms with Gasteiger partial charge in [0, 0.05) is 30.9 Å². The predicted molar refractivity (Wildman–Crippen MR) is 61.6 cm³/mol. The number of nitrogens with zero attached hydrogens (tertiary/aromatic N) is 2. The predicted octanol–water partition coefficient (Wildman–Crippen LogP) is 2.04. The molecule has 0 bridgehead atoms. The molecule has 1 fully saturated rings. The first-order valence-corrected chi connectivity index (χ1v) is 5.74. The molecule has 1 saturated carbocycles. The molecule has 2 unspecified atom stereocenters. The van der Waals surface area contributed by atoms with E-state index in [0.29, 0.717) is 17.4 Å². The van der Waals surface area contributed by atoms with E-state index in [1.807, 2.05) is 17.9 Å². The summed E-state index contributed by atoms with van der Waals surface area (Å²) in [6.45, 7) is 4.69. The lowest BCUT2D eigenvalue weighted by Gasteiger charge is -2.41. The maximum absolute atomic E-state index is 6.07. The second-order valence-electron chi connectivity index (χ2n) is 5.46. The third kappa shape index (κ3) is 1.93. The van der Waals surface area contributed by atoms with Crippen LogP contribution >= 0.6 is 0 Å². The first-order chi connectivity index (χ1) is 7.00. The molecule has 84 valence electrons. The number of aromatic nitrogens is 2. The van der Waals surface area contributed by atoms with Gasteiger partial charge in [0.1, 0.15) is 0 Å². The summed E-state index contributed by atoms with van der Waals surface area (Å²) in [5.41, 5.74) is 7.75. The lowest BCUT2D eigenvalue weighted by Crippen LogP contribution is -2.37. The largest absolute Gasteiger partial charge is 0.328 e. The van der Waals surface area contributed by atoms with Crippen molar-refractivity contribution < 1.29 is 0 Å². The van der Waals surface area contributed by atoms with Crippen LogP contribution in [-0.4, -0.2) is 15.8 Å². The van der Waals surface area contributed by atoms with Crippen molar-refractivity contribution >= 4 is 0 Å². The highest BCUT2D eigenvalue weighted by Crippen LogP contribution is 2.45. The Morgan fingerprint density at radius 1 is 1.53 bits per heavy atom. The summed E-state index contributed by atoms with van der Waals surface area (Å²) in [4.78, 5) is 0. The minimum absolute atomic E-state index is 0.351. The fourth-order valence-electron chi connectivity index (χ4n) is 2.72. The van der Waals surface area contributed by atoms with Gasteiger partial charge in [0.2, 0.25) is 0 Å². The van der Waals surface area contributed by atoms with Gasteiger partial charge in [-0.15, -0.1) is 0 Å². The number of nitrogens with two attached hydrogens (primary N) is 1. The van der Waals surface area contributed by atoms with E-state index in [1.165, 1.54) is 12.1 Å². The fraction of sp³-hybridized carbons (Fsp3) is 0.750. The summed E-state index contributed by atoms with van der Waals surface area (Å²) in [5.74, 6) is 0.550. The van der Waals surface area contributed by atoms with E-state index in [0.717, 1.165) is 12.8 Å². The minimum Gasteiger partial charge on any atom is -0.328 e. The molecule has 0 radical (unpaired) electrons. The molecule has 2 rings (SSSR count). The lowest BCUT2D eigenvalue weighted by atomic mass is 9.66. The van der Waals surface area contributed by atoms with E-state index in [-0.39, 0.29) is 0 Å². The Balaban J connectivity index is 2.29. The summed E-state index contributed by atoms with van der Waals surface area (Å²) in [7, 11) is 2.02. The Bertz CT molecular complexity index is 340. The molecule has 3 heteroatoms. The molecule has 3 nitrogen and oxygen atoms in total. The number of hydrogen-bond acceptors (Lipinski definition) is 2. The third-order valence-electron chi connectivity index (χ3n) is 3.86. The highest BCUT2D eigenvalue weighted by Gasteiger charge is 2.37. The van der Waals surface area contributed by atoms with Crippen molar-refractivity contribution in [3.8, 4) is 0 Å². The normalized spacial score (nSPS) is 30.4. The minimum atomic E-state index is 0.351. The van der Waals surface area contributed by atoms with Crippen LogP contribution in [0.25, 0.3) is 0 Å². The molecule has 1 aliphatic carbocycles. The van der Waals surface area contributed by atoms with Crippen molar-refractivity contribution in [3.05, 3.63) is 18.0 Å². The Hall–Kier alpha value is -0.830. The SMILES string of the molecule is Cn1nccc1C1CC(N)CCC1(C)C. The monoisotopic (exact) mass is 207 g/mol. The molecule has 15 heavy (non-hydrogen) atoms. The van der Waals surface area contributed by atoms with Crippen molar-refractivity contribution in [2.45, 2.75) is 45.1 Å². The summed E-state index contributed by atoms with van der Waals surface area (Å²) < 4.78 is 1.99. The number of aryl methyl sites for hydroxylation is 1. The van der Waals surface area contributed by atoms with Crippen molar-refractivity contribution in [2.24, 2.45) is 18.2 Å². The molecular formula is C12H21N3. The highest BCUT2D eigenvalue weighted by molar-refractivity contribution is 5.13. The smallest absolute Gasteiger partial charge is 0.0492 e. The highest BCUT2D eigenvalue weighted by atomic mass is 15.3. The quantitative estimate of drug-likeness (QED) is 0.766. The van der Waals surface area contributed by atoms with Crippen LogP contribution in [0.3, 0.4) is 0 Å². The number of hydrogen-bond donors (Lipinski definition) is 1. The molecule has 0 aliphatic heterocycles. The summed E-state index contributed by atoms with van der Waals surface area (Å²) in [5, 5.41) is 4.26.